The molecule has 1 aliphatic heterocycles. The minimum Gasteiger partial charge on any atom is -0.333 e. The van der Waals surface area contributed by atoms with Gasteiger partial charge < -0.3 is 15.5 Å². The van der Waals surface area contributed by atoms with Gasteiger partial charge in [0.05, 0.1) is 16.8 Å². The molecule has 3 amide bonds. The summed E-state index contributed by atoms with van der Waals surface area (Å²) >= 11 is 1.35. The number of aromatic nitrogens is 1. The summed E-state index contributed by atoms with van der Waals surface area (Å²) in [6.45, 7) is 2.15. The Balaban J connectivity index is 1.66. The van der Waals surface area contributed by atoms with E-state index < -0.39 is 0 Å². The molecule has 2 N–H and O–H groups in total. The predicted octanol–water partition coefficient (Wildman–Crippen LogP) is 2.60. The standard InChI is InChI=1S/C17H20N4O3S/c1-11(22)18-17-20-13-7-6-12(9-14(13)25-17)19-15(23)10-21-8-4-2-3-5-16(21)24/h6-7,9H,2-5,8,10H2,1H3,(H,19,23)(H,18,20,22). The molecule has 1 aromatic carbocycles. The zero-order chi connectivity index (χ0) is 17.8. The van der Waals surface area contributed by atoms with E-state index in [1.807, 2.05) is 6.07 Å². The summed E-state index contributed by atoms with van der Waals surface area (Å²) in [6, 6.07) is 5.38. The number of hydrogen-bond acceptors (Lipinski definition) is 5. The van der Waals surface area contributed by atoms with Gasteiger partial charge in [-0.25, -0.2) is 4.98 Å². The number of carbonyl (C=O) groups excluding carboxylic acids is 3. The van der Waals surface area contributed by atoms with E-state index in [0.717, 1.165) is 29.5 Å². The number of likely N-dealkylation sites (tertiary alicyclic amines) is 1. The van der Waals surface area contributed by atoms with E-state index in [4.69, 9.17) is 0 Å². The molecule has 0 radical (unpaired) electrons. The maximum Gasteiger partial charge on any atom is 0.243 e. The van der Waals surface area contributed by atoms with Crippen molar-refractivity contribution in [3.63, 3.8) is 0 Å². The number of rotatable bonds is 4. The van der Waals surface area contributed by atoms with Gasteiger partial charge in [-0.15, -0.1) is 0 Å². The molecule has 0 spiro atoms. The molecule has 0 aliphatic carbocycles. The second kappa shape index (κ2) is 7.60. The summed E-state index contributed by atoms with van der Waals surface area (Å²) in [5.74, 6) is -0.332. The van der Waals surface area contributed by atoms with Gasteiger partial charge in [-0.05, 0) is 31.0 Å². The van der Waals surface area contributed by atoms with Crippen LogP contribution >= 0.6 is 11.3 Å². The molecule has 8 heteroatoms. The highest BCUT2D eigenvalue weighted by molar-refractivity contribution is 7.22. The van der Waals surface area contributed by atoms with Crippen LogP contribution in [0.3, 0.4) is 0 Å². The van der Waals surface area contributed by atoms with E-state index in [2.05, 4.69) is 15.6 Å². The minimum absolute atomic E-state index is 0.0468. The Morgan fingerprint density at radius 1 is 1.24 bits per heavy atom. The highest BCUT2D eigenvalue weighted by Gasteiger charge is 2.19. The van der Waals surface area contributed by atoms with Gasteiger partial charge in [0, 0.05) is 25.6 Å². The van der Waals surface area contributed by atoms with E-state index in [1.54, 1.807) is 17.0 Å². The lowest BCUT2D eigenvalue weighted by Crippen LogP contribution is -2.37. The molecule has 0 saturated carbocycles. The van der Waals surface area contributed by atoms with Crippen molar-refractivity contribution < 1.29 is 14.4 Å². The zero-order valence-corrected chi connectivity index (χ0v) is 14.8. The third-order valence-electron chi connectivity index (χ3n) is 3.96. The van der Waals surface area contributed by atoms with Crippen LogP contribution in [0.5, 0.6) is 0 Å². The topological polar surface area (TPSA) is 91.4 Å². The van der Waals surface area contributed by atoms with Crippen molar-refractivity contribution in [1.82, 2.24) is 9.88 Å². The van der Waals surface area contributed by atoms with Gasteiger partial charge in [-0.1, -0.05) is 17.8 Å². The van der Waals surface area contributed by atoms with Crippen molar-refractivity contribution >= 4 is 50.1 Å². The molecule has 1 fully saturated rings. The van der Waals surface area contributed by atoms with Crippen LogP contribution in [0.4, 0.5) is 10.8 Å². The lowest BCUT2D eigenvalue weighted by atomic mass is 10.2. The largest absolute Gasteiger partial charge is 0.333 e. The van der Waals surface area contributed by atoms with Crippen molar-refractivity contribution in [2.45, 2.75) is 32.6 Å². The number of thiazole rings is 1. The molecular weight excluding hydrogens is 340 g/mol. The number of nitrogens with zero attached hydrogens (tertiary/aromatic N) is 2. The Morgan fingerprint density at radius 2 is 2.08 bits per heavy atom. The second-order valence-electron chi connectivity index (χ2n) is 6.06. The number of nitrogens with one attached hydrogen (secondary N) is 2. The summed E-state index contributed by atoms with van der Waals surface area (Å²) in [5, 5.41) is 6.02. The molecule has 3 rings (SSSR count). The van der Waals surface area contributed by atoms with E-state index >= 15 is 0 Å². The Kier molecular flexibility index (Phi) is 5.28. The van der Waals surface area contributed by atoms with E-state index in [0.29, 0.717) is 23.8 Å². The van der Waals surface area contributed by atoms with Crippen molar-refractivity contribution in [2.75, 3.05) is 23.7 Å². The third kappa shape index (κ3) is 4.54. The van der Waals surface area contributed by atoms with Gasteiger partial charge in [-0.2, -0.15) is 0 Å². The summed E-state index contributed by atoms with van der Waals surface area (Å²) in [4.78, 5) is 41.3. The van der Waals surface area contributed by atoms with E-state index in [9.17, 15) is 14.4 Å². The van der Waals surface area contributed by atoms with Gasteiger partial charge in [0.25, 0.3) is 0 Å². The molecule has 132 valence electrons. The van der Waals surface area contributed by atoms with Crippen molar-refractivity contribution in [3.8, 4) is 0 Å². The zero-order valence-electron chi connectivity index (χ0n) is 14.0. The highest BCUT2D eigenvalue weighted by atomic mass is 32.1. The quantitative estimate of drug-likeness (QED) is 0.877. The molecule has 1 aliphatic rings. The smallest absolute Gasteiger partial charge is 0.243 e. The van der Waals surface area contributed by atoms with Gasteiger partial charge in [0.2, 0.25) is 17.7 Å². The normalized spacial score (nSPS) is 15.1. The number of benzene rings is 1. The van der Waals surface area contributed by atoms with Crippen molar-refractivity contribution in [2.24, 2.45) is 0 Å². The average molecular weight is 360 g/mol. The first-order chi connectivity index (χ1) is 12.0. The molecule has 0 bridgehead atoms. The lowest BCUT2D eigenvalue weighted by molar-refractivity contribution is -0.134. The Morgan fingerprint density at radius 3 is 2.88 bits per heavy atom. The first kappa shape index (κ1) is 17.3. The Labute approximate surface area is 149 Å². The predicted molar refractivity (Wildman–Crippen MR) is 97.6 cm³/mol. The fraction of sp³-hybridized carbons (Fsp3) is 0.412. The molecular formula is C17H20N4O3S. The van der Waals surface area contributed by atoms with Gasteiger partial charge >= 0.3 is 0 Å². The van der Waals surface area contributed by atoms with Crippen molar-refractivity contribution in [3.05, 3.63) is 18.2 Å². The monoisotopic (exact) mass is 360 g/mol. The average Bonchev–Trinajstić information content (AvgIpc) is 2.82. The fourth-order valence-corrected chi connectivity index (χ4v) is 3.74. The van der Waals surface area contributed by atoms with Crippen LogP contribution in [0.15, 0.2) is 18.2 Å². The SMILES string of the molecule is CC(=O)Nc1nc2ccc(NC(=O)CN3CCCCCC3=O)cc2s1. The molecule has 25 heavy (non-hydrogen) atoms. The molecule has 0 unspecified atom stereocenters. The minimum atomic E-state index is -0.207. The highest BCUT2D eigenvalue weighted by Crippen LogP contribution is 2.28. The van der Waals surface area contributed by atoms with Crippen LogP contribution in [-0.2, 0) is 14.4 Å². The number of fused-ring (bicyclic) bond motifs is 1. The van der Waals surface area contributed by atoms with Crippen LogP contribution in [0.25, 0.3) is 10.2 Å². The van der Waals surface area contributed by atoms with Crippen LogP contribution in [0.2, 0.25) is 0 Å². The van der Waals surface area contributed by atoms with Crippen LogP contribution in [0, 0.1) is 0 Å². The first-order valence-electron chi connectivity index (χ1n) is 8.27. The van der Waals surface area contributed by atoms with Crippen molar-refractivity contribution in [1.29, 1.82) is 0 Å². The molecule has 2 aromatic rings. The van der Waals surface area contributed by atoms with Crippen LogP contribution in [-0.4, -0.2) is 40.7 Å². The van der Waals surface area contributed by atoms with Gasteiger partial charge in [-0.3, -0.25) is 14.4 Å². The third-order valence-corrected chi connectivity index (χ3v) is 4.89. The maximum absolute atomic E-state index is 12.3. The van der Waals surface area contributed by atoms with Crippen LogP contribution < -0.4 is 10.6 Å². The Hall–Kier alpha value is -2.48. The second-order valence-corrected chi connectivity index (χ2v) is 7.09. The molecule has 2 heterocycles. The Bertz CT molecular complexity index is 817. The fourth-order valence-electron chi connectivity index (χ4n) is 2.79. The lowest BCUT2D eigenvalue weighted by Gasteiger charge is -2.19. The van der Waals surface area contributed by atoms with Crippen LogP contribution in [0.1, 0.15) is 32.6 Å². The number of hydrogen-bond donors (Lipinski definition) is 2. The molecule has 7 nitrogen and oxygen atoms in total. The van der Waals surface area contributed by atoms with Gasteiger partial charge in [0.15, 0.2) is 5.13 Å². The summed E-state index contributed by atoms with van der Waals surface area (Å²) < 4.78 is 0.868. The summed E-state index contributed by atoms with van der Waals surface area (Å²) in [5.41, 5.74) is 1.41. The number of carbonyl (C=O) groups is 3. The van der Waals surface area contributed by atoms with Gasteiger partial charge in [0.1, 0.15) is 0 Å². The van der Waals surface area contributed by atoms with E-state index in [1.165, 1.54) is 18.3 Å². The molecule has 0 atom stereocenters. The van der Waals surface area contributed by atoms with E-state index in [-0.39, 0.29) is 24.3 Å². The number of anilines is 2. The first-order valence-corrected chi connectivity index (χ1v) is 9.09. The molecule has 1 saturated heterocycles. The summed E-state index contributed by atoms with van der Waals surface area (Å²) in [6.07, 6.45) is 3.39. The summed E-state index contributed by atoms with van der Waals surface area (Å²) in [7, 11) is 0. The maximum atomic E-state index is 12.3. The number of amides is 3. The molecule has 1 aromatic heterocycles.